The molecule has 1 atom stereocenters. The van der Waals surface area contributed by atoms with E-state index in [4.69, 9.17) is 4.74 Å². The minimum Gasteiger partial charge on any atom is -0.507 e. The fraction of sp³-hybridized carbons (Fsp3) is 0.276. The number of carboxylic acids is 1. The van der Waals surface area contributed by atoms with Crippen molar-refractivity contribution in [3.63, 3.8) is 0 Å². The van der Waals surface area contributed by atoms with Crippen molar-refractivity contribution in [2.24, 2.45) is 0 Å². The number of halogens is 3. The summed E-state index contributed by atoms with van der Waals surface area (Å²) in [6.45, 7) is 3.62. The lowest BCUT2D eigenvalue weighted by atomic mass is 9.90. The molecule has 1 unspecified atom stereocenters. The van der Waals surface area contributed by atoms with Crippen LogP contribution in [0.5, 0.6) is 5.75 Å². The van der Waals surface area contributed by atoms with Gasteiger partial charge in [0, 0.05) is 30.0 Å². The van der Waals surface area contributed by atoms with Gasteiger partial charge in [-0.15, -0.1) is 0 Å². The molecular weight excluding hydrogens is 483 g/mol. The first-order valence-electron chi connectivity index (χ1n) is 11.9. The molecule has 1 saturated carbocycles. The predicted octanol–water partition coefficient (Wildman–Crippen LogP) is 7.35. The van der Waals surface area contributed by atoms with E-state index >= 15 is 0 Å². The molecule has 0 saturated heterocycles. The van der Waals surface area contributed by atoms with Gasteiger partial charge in [-0.05, 0) is 79.6 Å². The Kier molecular flexibility index (Phi) is 5.83. The van der Waals surface area contributed by atoms with Gasteiger partial charge >= 0.3 is 12.1 Å². The van der Waals surface area contributed by atoms with Gasteiger partial charge in [0.15, 0.2) is 5.72 Å². The highest BCUT2D eigenvalue weighted by Crippen LogP contribution is 2.56. The number of anilines is 2. The molecule has 2 aliphatic rings. The SMILES string of the molecule is COC1(C)/C(=C\c2c(C)cccc2C2CC2)c2c(cccc2C(F)(F)F)N1c1ccc(C(=O)O)c(O)c1. The molecule has 0 radical (unpaired) electrons. The summed E-state index contributed by atoms with van der Waals surface area (Å²) in [6.07, 6.45) is -0.763. The third-order valence-corrected chi connectivity index (χ3v) is 7.32. The van der Waals surface area contributed by atoms with Crippen molar-refractivity contribution < 1.29 is 32.9 Å². The molecule has 1 heterocycles. The highest BCUT2D eigenvalue weighted by Gasteiger charge is 2.50. The van der Waals surface area contributed by atoms with Gasteiger partial charge in [-0.3, -0.25) is 0 Å². The Morgan fingerprint density at radius 1 is 1.14 bits per heavy atom. The molecule has 0 spiro atoms. The summed E-state index contributed by atoms with van der Waals surface area (Å²) in [5.74, 6) is -1.44. The van der Waals surface area contributed by atoms with Crippen molar-refractivity contribution in [1.29, 1.82) is 0 Å². The third-order valence-electron chi connectivity index (χ3n) is 7.32. The smallest absolute Gasteiger partial charge is 0.417 e. The molecule has 3 aromatic carbocycles. The van der Waals surface area contributed by atoms with Crippen molar-refractivity contribution in [2.45, 2.75) is 44.5 Å². The summed E-state index contributed by atoms with van der Waals surface area (Å²) >= 11 is 0. The van der Waals surface area contributed by atoms with Crippen LogP contribution in [-0.2, 0) is 10.9 Å². The fourth-order valence-electron chi connectivity index (χ4n) is 5.26. The largest absolute Gasteiger partial charge is 0.507 e. The average molecular weight is 510 g/mol. The van der Waals surface area contributed by atoms with Crippen LogP contribution in [0.2, 0.25) is 0 Å². The quantitative estimate of drug-likeness (QED) is 0.376. The number of rotatable bonds is 5. The van der Waals surface area contributed by atoms with Gasteiger partial charge in [0.1, 0.15) is 11.3 Å². The molecule has 37 heavy (non-hydrogen) atoms. The van der Waals surface area contributed by atoms with E-state index in [0.29, 0.717) is 17.2 Å². The highest BCUT2D eigenvalue weighted by atomic mass is 19.4. The Hall–Kier alpha value is -3.78. The average Bonchev–Trinajstić information content (AvgIpc) is 3.64. The molecular formula is C29H26F3NO4. The monoisotopic (exact) mass is 509 g/mol. The minimum absolute atomic E-state index is 0.00819. The van der Waals surface area contributed by atoms with Crippen LogP contribution in [0.4, 0.5) is 24.5 Å². The van der Waals surface area contributed by atoms with Crippen molar-refractivity contribution in [3.05, 3.63) is 88.0 Å². The number of ether oxygens (including phenoxy) is 1. The Bertz CT molecular complexity index is 1440. The van der Waals surface area contributed by atoms with Crippen LogP contribution >= 0.6 is 0 Å². The standard InChI is InChI=1S/C29H26F3NO4/c1-16-6-4-7-19(17-10-11-17)21(16)15-23-26-22(29(30,31)32)8-5-9-24(26)33(28(23,2)37-3)18-12-13-20(27(35)36)25(34)14-18/h4-9,12-15,17,34H,10-11H2,1-3H3,(H,35,36)/b23-15-. The molecule has 5 rings (SSSR count). The van der Waals surface area contributed by atoms with Crippen LogP contribution in [0.1, 0.15) is 63.9 Å². The van der Waals surface area contributed by atoms with Crippen LogP contribution in [0.25, 0.3) is 11.6 Å². The maximum atomic E-state index is 14.4. The summed E-state index contributed by atoms with van der Waals surface area (Å²) < 4.78 is 49.0. The number of aromatic hydroxyl groups is 1. The number of phenols is 1. The van der Waals surface area contributed by atoms with E-state index < -0.39 is 29.2 Å². The van der Waals surface area contributed by atoms with Crippen molar-refractivity contribution in [1.82, 2.24) is 0 Å². The number of hydrogen-bond donors (Lipinski definition) is 2. The second kappa shape index (κ2) is 8.66. The molecule has 2 N–H and O–H groups in total. The number of carbonyl (C=O) groups is 1. The first-order chi connectivity index (χ1) is 17.5. The molecule has 3 aromatic rings. The van der Waals surface area contributed by atoms with Crippen LogP contribution < -0.4 is 4.90 Å². The van der Waals surface area contributed by atoms with Crippen molar-refractivity contribution in [3.8, 4) is 5.75 Å². The summed E-state index contributed by atoms with van der Waals surface area (Å²) in [6, 6.07) is 13.8. The molecule has 5 nitrogen and oxygen atoms in total. The lowest BCUT2D eigenvalue weighted by Gasteiger charge is -2.37. The maximum Gasteiger partial charge on any atom is 0.417 e. The molecule has 0 amide bonds. The number of aryl methyl sites for hydroxylation is 1. The van der Waals surface area contributed by atoms with Crippen LogP contribution in [0, 0.1) is 6.92 Å². The number of hydrogen-bond acceptors (Lipinski definition) is 4. The van der Waals surface area contributed by atoms with Gasteiger partial charge in [0.2, 0.25) is 0 Å². The molecule has 192 valence electrons. The van der Waals surface area contributed by atoms with E-state index in [1.807, 2.05) is 25.1 Å². The molecule has 8 heteroatoms. The Balaban J connectivity index is 1.82. The van der Waals surface area contributed by atoms with Gasteiger partial charge in [0.05, 0.1) is 11.3 Å². The van der Waals surface area contributed by atoms with Crippen LogP contribution in [-0.4, -0.2) is 29.0 Å². The van der Waals surface area contributed by atoms with Gasteiger partial charge in [-0.1, -0.05) is 24.3 Å². The second-order valence-corrected chi connectivity index (χ2v) is 9.64. The molecule has 0 bridgehead atoms. The fourth-order valence-corrected chi connectivity index (χ4v) is 5.26. The minimum atomic E-state index is -4.63. The Morgan fingerprint density at radius 3 is 2.43 bits per heavy atom. The number of aromatic carboxylic acids is 1. The van der Waals surface area contributed by atoms with E-state index in [9.17, 15) is 28.2 Å². The van der Waals surface area contributed by atoms with Gasteiger partial charge < -0.3 is 19.8 Å². The Morgan fingerprint density at radius 2 is 1.84 bits per heavy atom. The first-order valence-corrected chi connectivity index (χ1v) is 11.9. The third kappa shape index (κ3) is 4.05. The van der Waals surface area contributed by atoms with Crippen LogP contribution in [0.15, 0.2) is 54.6 Å². The molecule has 1 fully saturated rings. The summed E-state index contributed by atoms with van der Waals surface area (Å²) in [7, 11) is 1.42. The van der Waals surface area contributed by atoms with Gasteiger partial charge in [-0.25, -0.2) is 4.79 Å². The number of carboxylic acid groups (broad SMARTS) is 1. The summed E-state index contributed by atoms with van der Waals surface area (Å²) in [5, 5.41) is 19.7. The van der Waals surface area contributed by atoms with Crippen molar-refractivity contribution >= 4 is 29.0 Å². The number of benzene rings is 3. The van der Waals surface area contributed by atoms with Gasteiger partial charge in [0.25, 0.3) is 0 Å². The highest BCUT2D eigenvalue weighted by molar-refractivity contribution is 6.02. The zero-order valence-electron chi connectivity index (χ0n) is 20.6. The molecule has 1 aliphatic heterocycles. The van der Waals surface area contributed by atoms with E-state index in [0.717, 1.165) is 35.6 Å². The zero-order chi connectivity index (χ0) is 26.7. The number of methoxy groups -OCH3 is 1. The van der Waals surface area contributed by atoms with E-state index in [1.54, 1.807) is 24.0 Å². The number of nitrogens with zero attached hydrogens (tertiary/aromatic N) is 1. The summed E-state index contributed by atoms with van der Waals surface area (Å²) in [5.41, 5.74) is 1.27. The number of fused-ring (bicyclic) bond motifs is 1. The predicted molar refractivity (Wildman–Crippen MR) is 135 cm³/mol. The Labute approximate surface area is 212 Å². The lowest BCUT2D eigenvalue weighted by Crippen LogP contribution is -2.42. The van der Waals surface area contributed by atoms with Gasteiger partial charge in [-0.2, -0.15) is 13.2 Å². The summed E-state index contributed by atoms with van der Waals surface area (Å²) in [4.78, 5) is 13.0. The number of alkyl halides is 3. The second-order valence-electron chi connectivity index (χ2n) is 9.64. The zero-order valence-corrected chi connectivity index (χ0v) is 20.6. The van der Waals surface area contributed by atoms with E-state index in [1.165, 1.54) is 31.4 Å². The van der Waals surface area contributed by atoms with Crippen LogP contribution in [0.3, 0.4) is 0 Å². The molecule has 1 aliphatic carbocycles. The molecule has 0 aromatic heterocycles. The first kappa shape index (κ1) is 24.9. The lowest BCUT2D eigenvalue weighted by molar-refractivity contribution is -0.137. The maximum absolute atomic E-state index is 14.4. The topological polar surface area (TPSA) is 70.0 Å². The normalized spacial score (nSPS) is 20.4. The van der Waals surface area contributed by atoms with Crippen molar-refractivity contribution in [2.75, 3.05) is 12.0 Å². The van der Waals surface area contributed by atoms with E-state index in [2.05, 4.69) is 0 Å². The van der Waals surface area contributed by atoms with E-state index in [-0.39, 0.29) is 16.8 Å².